The van der Waals surface area contributed by atoms with Crippen molar-refractivity contribution in [3.8, 4) is 0 Å². The number of amides is 1. The third kappa shape index (κ3) is 4.48. The zero-order chi connectivity index (χ0) is 19.3. The van der Waals surface area contributed by atoms with E-state index < -0.39 is 34.9 Å². The molecule has 0 fully saturated rings. The van der Waals surface area contributed by atoms with Crippen LogP contribution in [0.3, 0.4) is 0 Å². The number of hydrogen-bond acceptors (Lipinski definition) is 4. The zero-order valence-electron chi connectivity index (χ0n) is 14.0. The highest BCUT2D eigenvalue weighted by atomic mass is 19.4. The molecule has 0 saturated heterocycles. The maximum atomic E-state index is 12.8. The summed E-state index contributed by atoms with van der Waals surface area (Å²) >= 11 is 0. The van der Waals surface area contributed by atoms with Gasteiger partial charge in [0.1, 0.15) is 11.3 Å². The summed E-state index contributed by atoms with van der Waals surface area (Å²) in [4.78, 5) is 31.7. The van der Waals surface area contributed by atoms with Crippen molar-refractivity contribution in [3.63, 3.8) is 0 Å². The van der Waals surface area contributed by atoms with Gasteiger partial charge in [0.25, 0.3) is 11.5 Å². The summed E-state index contributed by atoms with van der Waals surface area (Å²) in [6, 6.07) is 4.29. The second kappa shape index (κ2) is 8.13. The van der Waals surface area contributed by atoms with Gasteiger partial charge in [-0.15, -0.1) is 0 Å². The lowest BCUT2D eigenvalue weighted by Gasteiger charge is -2.30. The Morgan fingerprint density at radius 2 is 2.08 bits per heavy atom. The fourth-order valence-electron chi connectivity index (χ4n) is 2.47. The molecule has 0 bridgehead atoms. The van der Waals surface area contributed by atoms with E-state index in [1.54, 1.807) is 30.2 Å². The van der Waals surface area contributed by atoms with Gasteiger partial charge in [0, 0.05) is 18.9 Å². The lowest BCUT2D eigenvalue weighted by Crippen LogP contribution is -2.43. The number of aliphatic hydroxyl groups is 1. The van der Waals surface area contributed by atoms with Crippen LogP contribution >= 0.6 is 0 Å². The van der Waals surface area contributed by atoms with Crippen molar-refractivity contribution in [2.24, 2.45) is 0 Å². The number of aromatic amines is 1. The van der Waals surface area contributed by atoms with Gasteiger partial charge in [-0.3, -0.25) is 14.6 Å². The normalized spacial score (nSPS) is 12.7. The molecule has 26 heavy (non-hydrogen) atoms. The van der Waals surface area contributed by atoms with Gasteiger partial charge in [-0.05, 0) is 30.2 Å². The van der Waals surface area contributed by atoms with Crippen molar-refractivity contribution in [2.45, 2.75) is 32.1 Å². The molecule has 0 aliphatic heterocycles. The number of carbonyl (C=O) groups excluding carboxylic acids is 1. The van der Waals surface area contributed by atoms with E-state index in [0.717, 1.165) is 6.07 Å². The monoisotopic (exact) mass is 369 g/mol. The molecule has 2 aromatic heterocycles. The summed E-state index contributed by atoms with van der Waals surface area (Å²) in [6.45, 7) is 1.47. The first kappa shape index (κ1) is 19.6. The van der Waals surface area contributed by atoms with Gasteiger partial charge in [0.05, 0.1) is 12.6 Å². The molecular weight excluding hydrogens is 351 g/mol. The Labute approximate surface area is 147 Å². The minimum atomic E-state index is -4.72. The first-order valence-electron chi connectivity index (χ1n) is 7.89. The highest BCUT2D eigenvalue weighted by Crippen LogP contribution is 2.26. The summed E-state index contributed by atoms with van der Waals surface area (Å²) in [5, 5.41) is 9.55. The summed E-state index contributed by atoms with van der Waals surface area (Å²) in [5.41, 5.74) is -2.12. The minimum absolute atomic E-state index is 0.0617. The van der Waals surface area contributed by atoms with Crippen LogP contribution in [0.25, 0.3) is 0 Å². The number of rotatable bonds is 6. The summed E-state index contributed by atoms with van der Waals surface area (Å²) < 4.78 is 38.0. The summed E-state index contributed by atoms with van der Waals surface area (Å²) in [7, 11) is 0. The average Bonchev–Trinajstić information content (AvgIpc) is 2.61. The second-order valence-electron chi connectivity index (χ2n) is 5.65. The summed E-state index contributed by atoms with van der Waals surface area (Å²) in [6.07, 6.45) is -1.23. The molecule has 140 valence electrons. The first-order valence-corrected chi connectivity index (χ1v) is 7.89. The Bertz CT molecular complexity index is 802. The van der Waals surface area contributed by atoms with Crippen LogP contribution in [-0.2, 0) is 12.7 Å². The molecule has 0 aliphatic rings. The van der Waals surface area contributed by atoms with Crippen molar-refractivity contribution < 1.29 is 23.1 Å². The topological polar surface area (TPSA) is 86.3 Å². The lowest BCUT2D eigenvalue weighted by molar-refractivity contribution is -0.141. The Hall–Kier alpha value is -2.68. The standard InChI is InChI=1S/C17H18F3N3O3/c1-2-12(10-24)23(9-11-4-3-7-21-8-11)16(26)13-5-6-14(17(18,19)20)22-15(13)25/h3-8,12,24H,2,9-10H2,1H3,(H,22,25)/t12-/m0/s1. The highest BCUT2D eigenvalue weighted by molar-refractivity contribution is 5.94. The number of carbonyl (C=O) groups is 1. The predicted octanol–water partition coefficient (Wildman–Crippen LogP) is 2.20. The average molecular weight is 369 g/mol. The molecule has 2 aromatic rings. The fourth-order valence-corrected chi connectivity index (χ4v) is 2.47. The van der Waals surface area contributed by atoms with Gasteiger partial charge in [-0.1, -0.05) is 13.0 Å². The van der Waals surface area contributed by atoms with E-state index in [1.165, 1.54) is 11.1 Å². The third-order valence-electron chi connectivity index (χ3n) is 3.90. The Morgan fingerprint density at radius 1 is 1.35 bits per heavy atom. The van der Waals surface area contributed by atoms with E-state index >= 15 is 0 Å². The lowest BCUT2D eigenvalue weighted by atomic mass is 10.1. The van der Waals surface area contributed by atoms with E-state index in [2.05, 4.69) is 4.98 Å². The SMILES string of the molecule is CC[C@@H](CO)N(Cc1cccnc1)C(=O)c1ccc(C(F)(F)F)[nH]c1=O. The molecule has 0 saturated carbocycles. The highest BCUT2D eigenvalue weighted by Gasteiger charge is 2.33. The smallest absolute Gasteiger partial charge is 0.394 e. The van der Waals surface area contributed by atoms with Gasteiger partial charge in [-0.25, -0.2) is 0 Å². The van der Waals surface area contributed by atoms with E-state index in [1.807, 2.05) is 0 Å². The summed E-state index contributed by atoms with van der Waals surface area (Å²) in [5.74, 6) is -0.760. The van der Waals surface area contributed by atoms with Crippen LogP contribution in [0.1, 0.15) is 35.0 Å². The quantitative estimate of drug-likeness (QED) is 0.817. The van der Waals surface area contributed by atoms with Crippen LogP contribution in [0.15, 0.2) is 41.5 Å². The van der Waals surface area contributed by atoms with Crippen molar-refractivity contribution in [3.05, 3.63) is 63.8 Å². The number of alkyl halides is 3. The van der Waals surface area contributed by atoms with Crippen LogP contribution < -0.4 is 5.56 Å². The van der Waals surface area contributed by atoms with E-state index in [9.17, 15) is 27.9 Å². The van der Waals surface area contributed by atoms with Crippen LogP contribution in [0, 0.1) is 0 Å². The fraction of sp³-hybridized carbons (Fsp3) is 0.353. The van der Waals surface area contributed by atoms with E-state index in [-0.39, 0.29) is 13.2 Å². The number of aliphatic hydroxyl groups excluding tert-OH is 1. The van der Waals surface area contributed by atoms with Crippen molar-refractivity contribution in [1.82, 2.24) is 14.9 Å². The molecule has 1 amide bonds. The van der Waals surface area contributed by atoms with Crippen LogP contribution in [0.4, 0.5) is 13.2 Å². The molecule has 2 heterocycles. The molecule has 6 nitrogen and oxygen atoms in total. The van der Waals surface area contributed by atoms with Crippen molar-refractivity contribution in [1.29, 1.82) is 0 Å². The van der Waals surface area contributed by atoms with Crippen LogP contribution in [0.5, 0.6) is 0 Å². The van der Waals surface area contributed by atoms with Gasteiger partial charge >= 0.3 is 6.18 Å². The number of aromatic nitrogens is 2. The maximum absolute atomic E-state index is 12.8. The van der Waals surface area contributed by atoms with Gasteiger partial charge < -0.3 is 15.0 Å². The van der Waals surface area contributed by atoms with Crippen molar-refractivity contribution >= 4 is 5.91 Å². The molecule has 0 spiro atoms. The van der Waals surface area contributed by atoms with Crippen LogP contribution in [-0.4, -0.2) is 38.5 Å². The molecular formula is C17H18F3N3O3. The number of pyridine rings is 2. The predicted molar refractivity (Wildman–Crippen MR) is 87.3 cm³/mol. The number of halogens is 3. The molecule has 1 atom stereocenters. The third-order valence-corrected chi connectivity index (χ3v) is 3.90. The molecule has 2 rings (SSSR count). The van der Waals surface area contributed by atoms with Crippen molar-refractivity contribution in [2.75, 3.05) is 6.61 Å². The Kier molecular flexibility index (Phi) is 6.14. The number of nitrogens with one attached hydrogen (secondary N) is 1. The maximum Gasteiger partial charge on any atom is 0.431 e. The molecule has 9 heteroatoms. The van der Waals surface area contributed by atoms with E-state index in [0.29, 0.717) is 18.1 Å². The van der Waals surface area contributed by atoms with Gasteiger partial charge in [0.2, 0.25) is 0 Å². The van der Waals surface area contributed by atoms with E-state index in [4.69, 9.17) is 0 Å². The largest absolute Gasteiger partial charge is 0.431 e. The Balaban J connectivity index is 2.38. The molecule has 0 aromatic carbocycles. The number of H-pyrrole nitrogens is 1. The van der Waals surface area contributed by atoms with Gasteiger partial charge in [0.15, 0.2) is 0 Å². The molecule has 0 unspecified atom stereocenters. The van der Waals surface area contributed by atoms with Crippen LogP contribution in [0.2, 0.25) is 0 Å². The molecule has 2 N–H and O–H groups in total. The molecule has 0 aliphatic carbocycles. The number of hydrogen-bond donors (Lipinski definition) is 2. The first-order chi connectivity index (χ1) is 12.3. The minimum Gasteiger partial charge on any atom is -0.394 e. The Morgan fingerprint density at radius 3 is 2.58 bits per heavy atom. The van der Waals surface area contributed by atoms with Gasteiger partial charge in [-0.2, -0.15) is 13.2 Å². The zero-order valence-corrected chi connectivity index (χ0v) is 14.0. The second-order valence-corrected chi connectivity index (χ2v) is 5.65. The number of nitrogens with zero attached hydrogens (tertiary/aromatic N) is 2. The molecule has 0 radical (unpaired) electrons.